The van der Waals surface area contributed by atoms with E-state index in [1.54, 1.807) is 11.8 Å². The normalized spacial score (nSPS) is 15.9. The van der Waals surface area contributed by atoms with E-state index in [-0.39, 0.29) is 0 Å². The highest BCUT2D eigenvalue weighted by molar-refractivity contribution is 7.99. The Hall–Kier alpha value is -1.84. The molecule has 0 aliphatic carbocycles. The summed E-state index contributed by atoms with van der Waals surface area (Å²) in [7, 11) is -1.05. The molecule has 0 aromatic heterocycles. The van der Waals surface area contributed by atoms with Crippen molar-refractivity contribution in [2.45, 2.75) is 26.0 Å². The SMILES string of the molecule is O=S1c2ccccc2Cc2cc(Sc3ccccc3)ccc21. The van der Waals surface area contributed by atoms with Crippen molar-refractivity contribution >= 4 is 22.6 Å². The third-order valence-corrected chi connectivity index (χ3v) is 6.36. The Morgan fingerprint density at radius 3 is 2.32 bits per heavy atom. The van der Waals surface area contributed by atoms with Crippen LogP contribution >= 0.6 is 11.8 Å². The van der Waals surface area contributed by atoms with E-state index in [0.717, 1.165) is 16.2 Å². The highest BCUT2D eigenvalue weighted by Crippen LogP contribution is 2.35. The van der Waals surface area contributed by atoms with Gasteiger partial charge in [-0.25, -0.2) is 4.21 Å². The van der Waals surface area contributed by atoms with E-state index < -0.39 is 10.8 Å². The molecule has 0 spiro atoms. The predicted octanol–water partition coefficient (Wildman–Crippen LogP) is 4.91. The van der Waals surface area contributed by atoms with Gasteiger partial charge in [0.15, 0.2) is 0 Å². The minimum absolute atomic E-state index is 0.862. The number of benzene rings is 3. The fourth-order valence-corrected chi connectivity index (χ4v) is 5.00. The molecule has 4 rings (SSSR count). The summed E-state index contributed by atoms with van der Waals surface area (Å²) in [6.45, 7) is 0. The van der Waals surface area contributed by atoms with Crippen LogP contribution in [-0.4, -0.2) is 4.21 Å². The lowest BCUT2D eigenvalue weighted by Crippen LogP contribution is -2.09. The first kappa shape index (κ1) is 13.8. The van der Waals surface area contributed by atoms with E-state index in [4.69, 9.17) is 0 Å². The summed E-state index contributed by atoms with van der Waals surface area (Å²) in [5.74, 6) is 0. The molecular formula is C19H14OS2. The van der Waals surface area contributed by atoms with Crippen LogP contribution in [0.1, 0.15) is 11.1 Å². The first-order valence-corrected chi connectivity index (χ1v) is 9.13. The predicted molar refractivity (Wildman–Crippen MR) is 90.9 cm³/mol. The van der Waals surface area contributed by atoms with E-state index >= 15 is 0 Å². The molecule has 3 heteroatoms. The van der Waals surface area contributed by atoms with Gasteiger partial charge in [-0.15, -0.1) is 0 Å². The Balaban J connectivity index is 1.70. The molecule has 0 N–H and O–H groups in total. The molecule has 3 aromatic carbocycles. The molecule has 0 bridgehead atoms. The Morgan fingerprint density at radius 2 is 1.45 bits per heavy atom. The van der Waals surface area contributed by atoms with Gasteiger partial charge in [-0.05, 0) is 53.9 Å². The van der Waals surface area contributed by atoms with Gasteiger partial charge in [0.1, 0.15) is 0 Å². The molecule has 1 unspecified atom stereocenters. The van der Waals surface area contributed by atoms with E-state index in [1.807, 2.05) is 42.5 Å². The Morgan fingerprint density at radius 1 is 0.727 bits per heavy atom. The van der Waals surface area contributed by atoms with Crippen LogP contribution in [0.25, 0.3) is 0 Å². The molecule has 1 atom stereocenters. The van der Waals surface area contributed by atoms with Crippen LogP contribution in [0.3, 0.4) is 0 Å². The summed E-state index contributed by atoms with van der Waals surface area (Å²) < 4.78 is 12.7. The van der Waals surface area contributed by atoms with Crippen molar-refractivity contribution in [3.05, 3.63) is 83.9 Å². The third kappa shape index (κ3) is 2.51. The molecule has 0 radical (unpaired) electrons. The molecule has 108 valence electrons. The lowest BCUT2D eigenvalue weighted by atomic mass is 10.0. The zero-order valence-electron chi connectivity index (χ0n) is 11.9. The van der Waals surface area contributed by atoms with E-state index in [9.17, 15) is 4.21 Å². The second kappa shape index (κ2) is 5.75. The fourth-order valence-electron chi connectivity index (χ4n) is 2.72. The van der Waals surface area contributed by atoms with Crippen molar-refractivity contribution in [3.8, 4) is 0 Å². The van der Waals surface area contributed by atoms with Crippen molar-refractivity contribution in [1.29, 1.82) is 0 Å². The average Bonchev–Trinajstić information content (AvgIpc) is 2.56. The van der Waals surface area contributed by atoms with Crippen LogP contribution < -0.4 is 0 Å². The van der Waals surface area contributed by atoms with Crippen molar-refractivity contribution in [3.63, 3.8) is 0 Å². The average molecular weight is 322 g/mol. The maximum Gasteiger partial charge on any atom is 0.0855 e. The Bertz CT molecular complexity index is 856. The molecule has 1 aliphatic heterocycles. The quantitative estimate of drug-likeness (QED) is 0.522. The topological polar surface area (TPSA) is 17.1 Å². The summed E-state index contributed by atoms with van der Waals surface area (Å²) in [6, 6.07) is 24.6. The maximum absolute atomic E-state index is 12.7. The summed E-state index contributed by atoms with van der Waals surface area (Å²) >= 11 is 1.74. The molecule has 1 heterocycles. The van der Waals surface area contributed by atoms with E-state index in [0.29, 0.717) is 0 Å². The van der Waals surface area contributed by atoms with Crippen LogP contribution in [-0.2, 0) is 17.2 Å². The maximum atomic E-state index is 12.7. The van der Waals surface area contributed by atoms with Gasteiger partial charge in [0.05, 0.1) is 10.8 Å². The zero-order chi connectivity index (χ0) is 14.9. The van der Waals surface area contributed by atoms with Gasteiger partial charge in [0, 0.05) is 19.6 Å². The van der Waals surface area contributed by atoms with Crippen LogP contribution in [0.2, 0.25) is 0 Å². The molecule has 1 aliphatic rings. The smallest absolute Gasteiger partial charge is 0.0855 e. The molecule has 0 saturated heterocycles. The van der Waals surface area contributed by atoms with Gasteiger partial charge in [0.25, 0.3) is 0 Å². The lowest BCUT2D eigenvalue weighted by Gasteiger charge is -2.19. The summed E-state index contributed by atoms with van der Waals surface area (Å²) in [5.41, 5.74) is 2.35. The molecule has 22 heavy (non-hydrogen) atoms. The largest absolute Gasteiger partial charge is 0.249 e. The summed E-state index contributed by atoms with van der Waals surface area (Å²) in [6.07, 6.45) is 0.862. The first-order valence-electron chi connectivity index (χ1n) is 7.17. The van der Waals surface area contributed by atoms with Crippen LogP contribution in [0.5, 0.6) is 0 Å². The van der Waals surface area contributed by atoms with E-state index in [1.165, 1.54) is 20.9 Å². The highest BCUT2D eigenvalue weighted by atomic mass is 32.2. The second-order valence-electron chi connectivity index (χ2n) is 5.24. The minimum atomic E-state index is -1.05. The molecular weight excluding hydrogens is 308 g/mol. The second-order valence-corrected chi connectivity index (χ2v) is 7.80. The summed E-state index contributed by atoms with van der Waals surface area (Å²) in [4.78, 5) is 4.33. The lowest BCUT2D eigenvalue weighted by molar-refractivity contribution is 0.679. The Kier molecular flexibility index (Phi) is 3.60. The molecule has 3 aromatic rings. The molecule has 1 nitrogen and oxygen atoms in total. The van der Waals surface area contributed by atoms with Crippen molar-refractivity contribution in [2.75, 3.05) is 0 Å². The van der Waals surface area contributed by atoms with Crippen LogP contribution in [0.15, 0.2) is 92.4 Å². The van der Waals surface area contributed by atoms with Crippen molar-refractivity contribution in [2.24, 2.45) is 0 Å². The number of hydrogen-bond acceptors (Lipinski definition) is 2. The van der Waals surface area contributed by atoms with Gasteiger partial charge < -0.3 is 0 Å². The van der Waals surface area contributed by atoms with Gasteiger partial charge in [-0.1, -0.05) is 48.2 Å². The molecule has 0 fully saturated rings. The van der Waals surface area contributed by atoms with Gasteiger partial charge in [-0.3, -0.25) is 0 Å². The minimum Gasteiger partial charge on any atom is -0.249 e. The fraction of sp³-hybridized carbons (Fsp3) is 0.0526. The van der Waals surface area contributed by atoms with Crippen LogP contribution in [0, 0.1) is 0 Å². The van der Waals surface area contributed by atoms with Gasteiger partial charge in [-0.2, -0.15) is 0 Å². The van der Waals surface area contributed by atoms with E-state index in [2.05, 4.69) is 30.3 Å². The number of fused-ring (bicyclic) bond motifs is 2. The Labute approximate surface area is 136 Å². The van der Waals surface area contributed by atoms with Gasteiger partial charge >= 0.3 is 0 Å². The third-order valence-electron chi connectivity index (χ3n) is 3.76. The molecule has 0 amide bonds. The number of rotatable bonds is 2. The number of hydrogen-bond donors (Lipinski definition) is 0. The van der Waals surface area contributed by atoms with Crippen molar-refractivity contribution in [1.82, 2.24) is 0 Å². The zero-order valence-corrected chi connectivity index (χ0v) is 13.5. The van der Waals surface area contributed by atoms with Crippen LogP contribution in [0.4, 0.5) is 0 Å². The standard InChI is InChI=1S/C19H14OS2/c20-22-18-9-5-4-6-14(18)12-15-13-17(10-11-19(15)22)21-16-7-2-1-3-8-16/h1-11,13H,12H2. The monoisotopic (exact) mass is 322 g/mol. The summed E-state index contributed by atoms with van der Waals surface area (Å²) in [5, 5.41) is 0. The van der Waals surface area contributed by atoms with Crippen molar-refractivity contribution < 1.29 is 4.21 Å². The highest BCUT2D eigenvalue weighted by Gasteiger charge is 2.21. The first-order chi connectivity index (χ1) is 10.8. The molecule has 0 saturated carbocycles. The van der Waals surface area contributed by atoms with Gasteiger partial charge in [0.2, 0.25) is 0 Å².